The lowest BCUT2D eigenvalue weighted by Crippen LogP contribution is -2.63. The molecule has 0 amide bonds. The molecule has 5 heteroatoms. The highest BCUT2D eigenvalue weighted by atomic mass is 28.4. The minimum absolute atomic E-state index is 0.0330. The van der Waals surface area contributed by atoms with Gasteiger partial charge in [-0.15, -0.1) is 0 Å². The van der Waals surface area contributed by atoms with Crippen molar-refractivity contribution in [1.29, 1.82) is 0 Å². The maximum absolute atomic E-state index is 5.89. The van der Waals surface area contributed by atoms with Crippen LogP contribution in [-0.2, 0) is 13.6 Å². The second-order valence-electron chi connectivity index (χ2n) is 3.89. The van der Waals surface area contributed by atoms with Crippen molar-refractivity contribution in [2.45, 2.75) is 30.7 Å². The van der Waals surface area contributed by atoms with Gasteiger partial charge in [0, 0.05) is 31.1 Å². The van der Waals surface area contributed by atoms with E-state index < -0.39 is 8.56 Å². The lowest BCUT2D eigenvalue weighted by atomic mass is 10.2. The Kier molecular flexibility index (Phi) is 3.70. The van der Waals surface area contributed by atoms with Gasteiger partial charge in [0.15, 0.2) is 0 Å². The van der Waals surface area contributed by atoms with Crippen LogP contribution in [-0.4, -0.2) is 44.5 Å². The smallest absolute Gasteiger partial charge is 0.363 e. The Labute approximate surface area is 84.4 Å². The van der Waals surface area contributed by atoms with Crippen molar-refractivity contribution in [3.05, 3.63) is 0 Å². The standard InChI is InChI=1S/C8H20O3Si2/c1-9-13(3,10-2)8(12)6-4-5-7-11-8/h4-7H2,1-3,12H3. The van der Waals surface area contributed by atoms with Gasteiger partial charge in [0.2, 0.25) is 0 Å². The summed E-state index contributed by atoms with van der Waals surface area (Å²) in [5.74, 6) is 0. The molecule has 1 aliphatic rings. The molecule has 1 rings (SSSR count). The van der Waals surface area contributed by atoms with Gasteiger partial charge in [0.05, 0.1) is 4.85 Å². The third-order valence-corrected chi connectivity index (χ3v) is 10.6. The molecule has 0 aromatic heterocycles. The highest BCUT2D eigenvalue weighted by molar-refractivity contribution is 6.76. The van der Waals surface area contributed by atoms with E-state index in [1.54, 1.807) is 14.2 Å². The van der Waals surface area contributed by atoms with E-state index in [4.69, 9.17) is 13.6 Å². The van der Waals surface area contributed by atoms with Gasteiger partial charge < -0.3 is 13.6 Å². The molecule has 0 saturated carbocycles. The summed E-state index contributed by atoms with van der Waals surface area (Å²) in [6, 6.07) is 0. The monoisotopic (exact) mass is 220 g/mol. The van der Waals surface area contributed by atoms with Crippen LogP contribution >= 0.6 is 0 Å². The molecule has 1 fully saturated rings. The Morgan fingerprint density at radius 1 is 1.31 bits per heavy atom. The Balaban J connectivity index is 2.74. The van der Waals surface area contributed by atoms with Gasteiger partial charge in [-0.05, 0) is 25.8 Å². The van der Waals surface area contributed by atoms with Crippen LogP contribution in [0.25, 0.3) is 0 Å². The van der Waals surface area contributed by atoms with Gasteiger partial charge >= 0.3 is 8.56 Å². The van der Waals surface area contributed by atoms with E-state index in [0.717, 1.165) is 23.3 Å². The topological polar surface area (TPSA) is 27.7 Å². The first kappa shape index (κ1) is 11.4. The fourth-order valence-electron chi connectivity index (χ4n) is 1.81. The predicted octanol–water partition coefficient (Wildman–Crippen LogP) is 0.153. The van der Waals surface area contributed by atoms with Crippen molar-refractivity contribution in [2.24, 2.45) is 0 Å². The molecule has 3 nitrogen and oxygen atoms in total. The van der Waals surface area contributed by atoms with E-state index in [1.165, 1.54) is 12.8 Å². The zero-order valence-electron chi connectivity index (χ0n) is 9.05. The summed E-state index contributed by atoms with van der Waals surface area (Å²) in [5.41, 5.74) is 0. The fraction of sp³-hybridized carbons (Fsp3) is 1.00. The molecule has 1 heterocycles. The molecule has 0 aromatic rings. The van der Waals surface area contributed by atoms with E-state index >= 15 is 0 Å². The van der Waals surface area contributed by atoms with E-state index in [0.29, 0.717) is 0 Å². The molecule has 1 atom stereocenters. The zero-order valence-corrected chi connectivity index (χ0v) is 12.1. The van der Waals surface area contributed by atoms with Crippen molar-refractivity contribution >= 4 is 18.8 Å². The van der Waals surface area contributed by atoms with Crippen LogP contribution in [0.3, 0.4) is 0 Å². The minimum atomic E-state index is -2.08. The third-order valence-electron chi connectivity index (χ3n) is 3.21. The van der Waals surface area contributed by atoms with Crippen molar-refractivity contribution in [3.8, 4) is 0 Å². The van der Waals surface area contributed by atoms with Crippen molar-refractivity contribution < 1.29 is 13.6 Å². The van der Waals surface area contributed by atoms with Crippen molar-refractivity contribution in [3.63, 3.8) is 0 Å². The second-order valence-corrected chi connectivity index (χ2v) is 10.3. The van der Waals surface area contributed by atoms with E-state index in [2.05, 4.69) is 6.55 Å². The number of hydrogen-bond donors (Lipinski definition) is 0. The predicted molar refractivity (Wildman–Crippen MR) is 58.1 cm³/mol. The van der Waals surface area contributed by atoms with Gasteiger partial charge in [0.1, 0.15) is 0 Å². The second kappa shape index (κ2) is 4.23. The molecule has 0 radical (unpaired) electrons. The lowest BCUT2D eigenvalue weighted by molar-refractivity contribution is -0.00102. The van der Waals surface area contributed by atoms with Crippen LogP contribution in [0.15, 0.2) is 0 Å². The molecule has 78 valence electrons. The van der Waals surface area contributed by atoms with Crippen LogP contribution < -0.4 is 0 Å². The molecule has 0 aromatic carbocycles. The summed E-state index contributed by atoms with van der Waals surface area (Å²) in [4.78, 5) is -0.0330. The molecule has 0 bridgehead atoms. The first-order valence-electron chi connectivity index (χ1n) is 4.82. The molecule has 13 heavy (non-hydrogen) atoms. The van der Waals surface area contributed by atoms with E-state index in [-0.39, 0.29) is 4.85 Å². The first-order valence-corrected chi connectivity index (χ1v) is 8.14. The largest absolute Gasteiger partial charge is 0.396 e. The van der Waals surface area contributed by atoms with Gasteiger partial charge in [0.25, 0.3) is 0 Å². The molecular weight excluding hydrogens is 200 g/mol. The fourth-order valence-corrected chi connectivity index (χ4v) is 5.62. The van der Waals surface area contributed by atoms with Crippen LogP contribution in [0.4, 0.5) is 0 Å². The SMILES string of the molecule is CO[Si](C)(OC)C1([SiH3])CCCCO1. The molecule has 1 unspecified atom stereocenters. The Bertz CT molecular complexity index is 165. The minimum Gasteiger partial charge on any atom is -0.396 e. The summed E-state index contributed by atoms with van der Waals surface area (Å²) < 4.78 is 17.0. The Morgan fingerprint density at radius 3 is 2.31 bits per heavy atom. The van der Waals surface area contributed by atoms with E-state index in [9.17, 15) is 0 Å². The average Bonchev–Trinajstić information content (AvgIpc) is 2.17. The highest BCUT2D eigenvalue weighted by Crippen LogP contribution is 2.31. The summed E-state index contributed by atoms with van der Waals surface area (Å²) >= 11 is 0. The summed E-state index contributed by atoms with van der Waals surface area (Å²) in [5, 5.41) is 0. The summed E-state index contributed by atoms with van der Waals surface area (Å²) in [6.07, 6.45) is 3.55. The summed E-state index contributed by atoms with van der Waals surface area (Å²) in [6.45, 7) is 2.98. The molecule has 0 aliphatic carbocycles. The van der Waals surface area contributed by atoms with Gasteiger partial charge in [-0.1, -0.05) is 0 Å². The third kappa shape index (κ3) is 2.04. The Hall–Kier alpha value is 0.314. The Morgan fingerprint density at radius 2 is 1.92 bits per heavy atom. The normalized spacial score (nSPS) is 30.7. The molecular formula is C8H20O3Si2. The molecule has 1 aliphatic heterocycles. The van der Waals surface area contributed by atoms with Crippen molar-refractivity contribution in [2.75, 3.05) is 20.8 Å². The van der Waals surface area contributed by atoms with Crippen LogP contribution in [0.2, 0.25) is 6.55 Å². The zero-order chi connectivity index (χ0) is 9.95. The van der Waals surface area contributed by atoms with Crippen LogP contribution in [0.5, 0.6) is 0 Å². The van der Waals surface area contributed by atoms with Gasteiger partial charge in [-0.2, -0.15) is 0 Å². The van der Waals surface area contributed by atoms with Gasteiger partial charge in [-0.3, -0.25) is 0 Å². The van der Waals surface area contributed by atoms with Crippen LogP contribution in [0.1, 0.15) is 19.3 Å². The van der Waals surface area contributed by atoms with Gasteiger partial charge in [-0.25, -0.2) is 0 Å². The average molecular weight is 220 g/mol. The molecule has 0 N–H and O–H groups in total. The van der Waals surface area contributed by atoms with Crippen molar-refractivity contribution in [1.82, 2.24) is 0 Å². The number of hydrogen-bond acceptors (Lipinski definition) is 3. The number of ether oxygens (including phenoxy) is 1. The first-order chi connectivity index (χ1) is 6.08. The van der Waals surface area contributed by atoms with E-state index in [1.807, 2.05) is 0 Å². The molecule has 1 saturated heterocycles. The number of rotatable bonds is 3. The molecule has 0 spiro atoms. The maximum atomic E-state index is 5.89. The quantitative estimate of drug-likeness (QED) is 0.634. The van der Waals surface area contributed by atoms with Crippen LogP contribution in [0, 0.1) is 0 Å². The summed E-state index contributed by atoms with van der Waals surface area (Å²) in [7, 11) is 2.40. The maximum Gasteiger partial charge on any atom is 0.363 e. The highest BCUT2D eigenvalue weighted by Gasteiger charge is 2.51. The lowest BCUT2D eigenvalue weighted by Gasteiger charge is -2.43.